The standard InChI is InChI=1S/C8H13F3O2S/c1-2-12-6-13-7-14-5-3-4-8(9,10)11/h2H,1,3-7H2. The van der Waals surface area contributed by atoms with Gasteiger partial charge in [0.25, 0.3) is 0 Å². The predicted molar refractivity (Wildman–Crippen MR) is 49.8 cm³/mol. The summed E-state index contributed by atoms with van der Waals surface area (Å²) < 4.78 is 44.5. The van der Waals surface area contributed by atoms with Crippen LogP contribution >= 0.6 is 11.8 Å². The molecule has 2 nitrogen and oxygen atoms in total. The highest BCUT2D eigenvalue weighted by atomic mass is 32.2. The summed E-state index contributed by atoms with van der Waals surface area (Å²) in [6.45, 7) is 3.39. The number of thioether (sulfide) groups is 1. The van der Waals surface area contributed by atoms with Crippen LogP contribution in [0.1, 0.15) is 12.8 Å². The minimum Gasteiger partial charge on any atom is -0.476 e. The SMILES string of the molecule is C=COCOCSCCCC(F)(F)F. The topological polar surface area (TPSA) is 18.5 Å². The van der Waals surface area contributed by atoms with Crippen molar-refractivity contribution in [1.29, 1.82) is 0 Å². The van der Waals surface area contributed by atoms with Crippen LogP contribution in [-0.4, -0.2) is 24.7 Å². The van der Waals surface area contributed by atoms with Gasteiger partial charge in [-0.15, -0.1) is 11.8 Å². The molecule has 0 rings (SSSR count). The van der Waals surface area contributed by atoms with Crippen molar-refractivity contribution < 1.29 is 22.6 Å². The maximum Gasteiger partial charge on any atom is 0.389 e. The lowest BCUT2D eigenvalue weighted by Gasteiger charge is -2.05. The third-order valence-electron chi connectivity index (χ3n) is 1.18. The first-order valence-electron chi connectivity index (χ1n) is 4.01. The molecule has 0 N–H and O–H groups in total. The van der Waals surface area contributed by atoms with Crippen molar-refractivity contribution in [2.45, 2.75) is 19.0 Å². The Morgan fingerprint density at radius 2 is 2.07 bits per heavy atom. The summed E-state index contributed by atoms with van der Waals surface area (Å²) in [6, 6.07) is 0. The number of hydrogen-bond donors (Lipinski definition) is 0. The fourth-order valence-electron chi connectivity index (χ4n) is 0.623. The van der Waals surface area contributed by atoms with Crippen molar-refractivity contribution in [2.24, 2.45) is 0 Å². The monoisotopic (exact) mass is 230 g/mol. The first-order valence-corrected chi connectivity index (χ1v) is 5.16. The molecule has 0 unspecified atom stereocenters. The second-order valence-corrected chi connectivity index (χ2v) is 3.45. The Balaban J connectivity index is 3.03. The molecule has 0 aliphatic carbocycles. The van der Waals surface area contributed by atoms with Crippen LogP contribution in [-0.2, 0) is 9.47 Å². The number of ether oxygens (including phenoxy) is 2. The maximum atomic E-state index is 11.7. The number of hydrogen-bond acceptors (Lipinski definition) is 3. The first-order chi connectivity index (χ1) is 6.56. The van der Waals surface area contributed by atoms with E-state index in [4.69, 9.17) is 4.74 Å². The normalized spacial score (nSPS) is 11.4. The van der Waals surface area contributed by atoms with Gasteiger partial charge in [-0.3, -0.25) is 0 Å². The van der Waals surface area contributed by atoms with Crippen LogP contribution < -0.4 is 0 Å². The quantitative estimate of drug-likeness (QED) is 0.362. The zero-order valence-electron chi connectivity index (χ0n) is 7.68. The van der Waals surface area contributed by atoms with Crippen LogP contribution in [0.25, 0.3) is 0 Å². The zero-order valence-corrected chi connectivity index (χ0v) is 8.50. The summed E-state index contributed by atoms with van der Waals surface area (Å²) in [4.78, 5) is 0. The van der Waals surface area contributed by atoms with E-state index in [1.54, 1.807) is 0 Å². The molecule has 0 aliphatic rings. The fourth-order valence-corrected chi connectivity index (χ4v) is 1.27. The van der Waals surface area contributed by atoms with Gasteiger partial charge in [0.05, 0.1) is 12.2 Å². The molecule has 0 saturated carbocycles. The van der Waals surface area contributed by atoms with E-state index >= 15 is 0 Å². The molecule has 0 atom stereocenters. The van der Waals surface area contributed by atoms with Crippen molar-refractivity contribution in [3.8, 4) is 0 Å². The molecule has 0 fully saturated rings. The Kier molecular flexibility index (Phi) is 7.78. The summed E-state index contributed by atoms with van der Waals surface area (Å²) in [5, 5.41) is 0. The number of rotatable bonds is 8. The molecule has 0 heterocycles. The van der Waals surface area contributed by atoms with Gasteiger partial charge in [0.2, 0.25) is 0 Å². The molecule has 0 aliphatic heterocycles. The van der Waals surface area contributed by atoms with Crippen LogP contribution in [0.15, 0.2) is 12.8 Å². The summed E-state index contributed by atoms with van der Waals surface area (Å²) in [7, 11) is 0. The van der Waals surface area contributed by atoms with Gasteiger partial charge in [0.15, 0.2) is 6.79 Å². The van der Waals surface area contributed by atoms with E-state index in [-0.39, 0.29) is 13.2 Å². The Morgan fingerprint density at radius 3 is 2.64 bits per heavy atom. The van der Waals surface area contributed by atoms with Crippen LogP contribution in [0.2, 0.25) is 0 Å². The van der Waals surface area contributed by atoms with Gasteiger partial charge in [-0.25, -0.2) is 0 Å². The summed E-state index contributed by atoms with van der Waals surface area (Å²) in [5.74, 6) is 0.777. The van der Waals surface area contributed by atoms with Crippen molar-refractivity contribution in [1.82, 2.24) is 0 Å². The molecule has 0 radical (unpaired) electrons. The summed E-state index contributed by atoms with van der Waals surface area (Å²) in [6.07, 6.45) is -3.41. The van der Waals surface area contributed by atoms with E-state index in [1.807, 2.05) is 0 Å². The van der Waals surface area contributed by atoms with E-state index in [2.05, 4.69) is 11.3 Å². The van der Waals surface area contributed by atoms with Crippen LogP contribution in [0.3, 0.4) is 0 Å². The predicted octanol–water partition coefficient (Wildman–Crippen LogP) is 3.15. The van der Waals surface area contributed by atoms with Crippen LogP contribution in [0, 0.1) is 0 Å². The van der Waals surface area contributed by atoms with Crippen molar-refractivity contribution in [2.75, 3.05) is 18.5 Å². The molecule has 0 aromatic rings. The van der Waals surface area contributed by atoms with E-state index in [9.17, 15) is 13.2 Å². The van der Waals surface area contributed by atoms with E-state index in [1.165, 1.54) is 18.0 Å². The Morgan fingerprint density at radius 1 is 1.36 bits per heavy atom. The minimum absolute atomic E-state index is 0.0930. The van der Waals surface area contributed by atoms with Gasteiger partial charge in [0, 0.05) is 6.42 Å². The number of halogens is 3. The third kappa shape index (κ3) is 11.6. The Hall–Kier alpha value is -0.360. The molecule has 0 saturated heterocycles. The first kappa shape index (κ1) is 13.6. The Bertz CT molecular complexity index is 150. The zero-order chi connectivity index (χ0) is 10.9. The van der Waals surface area contributed by atoms with Gasteiger partial charge in [-0.2, -0.15) is 13.2 Å². The molecule has 84 valence electrons. The largest absolute Gasteiger partial charge is 0.476 e. The fraction of sp³-hybridized carbons (Fsp3) is 0.750. The highest BCUT2D eigenvalue weighted by Gasteiger charge is 2.25. The number of alkyl halides is 3. The van der Waals surface area contributed by atoms with Gasteiger partial charge in [0.1, 0.15) is 0 Å². The molecule has 0 spiro atoms. The highest BCUT2D eigenvalue weighted by Crippen LogP contribution is 2.22. The van der Waals surface area contributed by atoms with E-state index < -0.39 is 12.6 Å². The second-order valence-electron chi connectivity index (χ2n) is 2.40. The molecule has 14 heavy (non-hydrogen) atoms. The maximum absolute atomic E-state index is 11.7. The van der Waals surface area contributed by atoms with Gasteiger partial charge >= 0.3 is 6.18 Å². The lowest BCUT2D eigenvalue weighted by molar-refractivity contribution is -0.134. The van der Waals surface area contributed by atoms with Gasteiger partial charge < -0.3 is 9.47 Å². The average Bonchev–Trinajstić information content (AvgIpc) is 2.08. The van der Waals surface area contributed by atoms with Gasteiger partial charge in [-0.1, -0.05) is 6.58 Å². The Labute approximate surface area is 85.5 Å². The molecular weight excluding hydrogens is 217 g/mol. The van der Waals surface area contributed by atoms with Crippen molar-refractivity contribution >= 4 is 11.8 Å². The smallest absolute Gasteiger partial charge is 0.389 e. The third-order valence-corrected chi connectivity index (χ3v) is 2.10. The molecule has 0 amide bonds. The van der Waals surface area contributed by atoms with Crippen LogP contribution in [0.5, 0.6) is 0 Å². The van der Waals surface area contributed by atoms with E-state index in [0.29, 0.717) is 11.7 Å². The van der Waals surface area contributed by atoms with Crippen molar-refractivity contribution in [3.63, 3.8) is 0 Å². The highest BCUT2D eigenvalue weighted by molar-refractivity contribution is 7.99. The lowest BCUT2D eigenvalue weighted by atomic mass is 10.3. The van der Waals surface area contributed by atoms with E-state index in [0.717, 1.165) is 0 Å². The lowest BCUT2D eigenvalue weighted by Crippen LogP contribution is -2.07. The van der Waals surface area contributed by atoms with Crippen LogP contribution in [0.4, 0.5) is 13.2 Å². The summed E-state index contributed by atoms with van der Waals surface area (Å²) >= 11 is 1.31. The molecular formula is C8H13F3O2S. The van der Waals surface area contributed by atoms with Gasteiger partial charge in [-0.05, 0) is 12.2 Å². The molecule has 0 aromatic carbocycles. The summed E-state index contributed by atoms with van der Waals surface area (Å²) in [5.41, 5.74) is 0. The average molecular weight is 230 g/mol. The molecule has 0 bridgehead atoms. The van der Waals surface area contributed by atoms with Crippen molar-refractivity contribution in [3.05, 3.63) is 12.8 Å². The minimum atomic E-state index is -4.05. The molecule has 0 aromatic heterocycles. The molecule has 6 heteroatoms. The second kappa shape index (κ2) is 7.99.